The van der Waals surface area contributed by atoms with Crippen LogP contribution < -0.4 is 5.32 Å². The molecule has 5 nitrogen and oxygen atoms in total. The van der Waals surface area contributed by atoms with E-state index >= 15 is 0 Å². The van der Waals surface area contributed by atoms with Gasteiger partial charge < -0.3 is 19.7 Å². The Labute approximate surface area is 102 Å². The third-order valence-corrected chi connectivity index (χ3v) is 3.43. The summed E-state index contributed by atoms with van der Waals surface area (Å²) < 4.78 is 5.44. The summed E-state index contributed by atoms with van der Waals surface area (Å²) in [6.07, 6.45) is 0.939. The van der Waals surface area contributed by atoms with E-state index in [4.69, 9.17) is 4.42 Å². The number of nitrogens with one attached hydrogen (secondary N) is 1. The summed E-state index contributed by atoms with van der Waals surface area (Å²) in [5, 5.41) is 12.7. The summed E-state index contributed by atoms with van der Waals surface area (Å²) >= 11 is 3.17. The highest BCUT2D eigenvalue weighted by Gasteiger charge is 2.32. The smallest absolute Gasteiger partial charge is 0.258 e. The second-order valence-electron chi connectivity index (χ2n) is 3.82. The third-order valence-electron chi connectivity index (χ3n) is 2.82. The number of aliphatic hydroxyl groups is 1. The molecule has 1 aromatic rings. The summed E-state index contributed by atoms with van der Waals surface area (Å²) in [6.45, 7) is 1.13. The Kier molecular flexibility index (Phi) is 3.32. The molecule has 6 heteroatoms. The lowest BCUT2D eigenvalue weighted by atomic mass is 10.1. The van der Waals surface area contributed by atoms with Crippen LogP contribution in [0, 0.1) is 0 Å². The standard InChI is InChI=1S/C10H13BrN2O3/c1-13(7-4-12-5-8(7)14)10(15)6-2-3-16-9(6)11/h2-3,7-8,12,14H,4-5H2,1H3/t7-,8-/m0/s1. The SMILES string of the molecule is CN(C(=O)c1ccoc1Br)[C@H]1CNC[C@@H]1O. The molecule has 0 radical (unpaired) electrons. The van der Waals surface area contributed by atoms with Gasteiger partial charge in [0.2, 0.25) is 0 Å². The first-order valence-electron chi connectivity index (χ1n) is 5.00. The minimum absolute atomic E-state index is 0.159. The number of aliphatic hydroxyl groups excluding tert-OH is 1. The largest absolute Gasteiger partial charge is 0.457 e. The first-order chi connectivity index (χ1) is 7.61. The molecule has 0 aromatic carbocycles. The zero-order valence-corrected chi connectivity index (χ0v) is 10.4. The Bertz CT molecular complexity index is 393. The normalized spacial score (nSPS) is 24.7. The lowest BCUT2D eigenvalue weighted by Gasteiger charge is -2.26. The molecule has 1 saturated heterocycles. The molecule has 1 aromatic heterocycles. The van der Waals surface area contributed by atoms with Crippen LogP contribution in [0.25, 0.3) is 0 Å². The molecule has 2 atom stereocenters. The molecule has 0 saturated carbocycles. The lowest BCUT2D eigenvalue weighted by molar-refractivity contribution is 0.0579. The van der Waals surface area contributed by atoms with Gasteiger partial charge in [-0.1, -0.05) is 0 Å². The van der Waals surface area contributed by atoms with Gasteiger partial charge in [-0.25, -0.2) is 0 Å². The van der Waals surface area contributed by atoms with Gasteiger partial charge in [-0.2, -0.15) is 0 Å². The van der Waals surface area contributed by atoms with E-state index in [1.165, 1.54) is 6.26 Å². The monoisotopic (exact) mass is 288 g/mol. The van der Waals surface area contributed by atoms with Crippen LogP contribution >= 0.6 is 15.9 Å². The van der Waals surface area contributed by atoms with Gasteiger partial charge in [0.25, 0.3) is 5.91 Å². The number of amides is 1. The van der Waals surface area contributed by atoms with E-state index in [1.54, 1.807) is 18.0 Å². The molecule has 0 unspecified atom stereocenters. The van der Waals surface area contributed by atoms with Crippen LogP contribution in [0.1, 0.15) is 10.4 Å². The number of nitrogens with zero attached hydrogens (tertiary/aromatic N) is 1. The van der Waals surface area contributed by atoms with Crippen LogP contribution in [0.4, 0.5) is 0 Å². The maximum Gasteiger partial charge on any atom is 0.258 e. The molecule has 0 bridgehead atoms. The van der Waals surface area contributed by atoms with Crippen LogP contribution in [0.3, 0.4) is 0 Å². The van der Waals surface area contributed by atoms with E-state index in [0.29, 0.717) is 23.3 Å². The predicted octanol–water partition coefficient (Wildman–Crippen LogP) is 0.447. The van der Waals surface area contributed by atoms with Crippen molar-refractivity contribution in [1.29, 1.82) is 0 Å². The number of carbonyl (C=O) groups excluding carboxylic acids is 1. The summed E-state index contributed by atoms with van der Waals surface area (Å²) in [7, 11) is 1.68. The van der Waals surface area contributed by atoms with E-state index in [-0.39, 0.29) is 11.9 Å². The number of furan rings is 1. The van der Waals surface area contributed by atoms with Gasteiger partial charge in [0.05, 0.1) is 24.0 Å². The predicted molar refractivity (Wildman–Crippen MR) is 61.2 cm³/mol. The maximum atomic E-state index is 12.1. The van der Waals surface area contributed by atoms with Gasteiger partial charge in [0.15, 0.2) is 4.67 Å². The first kappa shape index (κ1) is 11.6. The number of β-amino-alcohol motifs (C(OH)–C–C–N with tert-alkyl or cyclic N) is 1. The Morgan fingerprint density at radius 1 is 1.69 bits per heavy atom. The molecule has 0 spiro atoms. The zero-order valence-electron chi connectivity index (χ0n) is 8.81. The van der Waals surface area contributed by atoms with Crippen molar-refractivity contribution < 1.29 is 14.3 Å². The molecule has 1 amide bonds. The molecule has 16 heavy (non-hydrogen) atoms. The highest BCUT2D eigenvalue weighted by atomic mass is 79.9. The second-order valence-corrected chi connectivity index (χ2v) is 4.54. The summed E-state index contributed by atoms with van der Waals surface area (Å²) in [5.41, 5.74) is 0.474. The summed E-state index contributed by atoms with van der Waals surface area (Å²) in [6, 6.07) is 1.42. The Balaban J connectivity index is 2.13. The fraction of sp³-hybridized carbons (Fsp3) is 0.500. The Morgan fingerprint density at radius 3 is 2.94 bits per heavy atom. The third kappa shape index (κ3) is 2.00. The van der Waals surface area contributed by atoms with Crippen molar-refractivity contribution in [2.75, 3.05) is 20.1 Å². The molecule has 2 N–H and O–H groups in total. The number of carbonyl (C=O) groups is 1. The van der Waals surface area contributed by atoms with Crippen molar-refractivity contribution in [2.24, 2.45) is 0 Å². The topological polar surface area (TPSA) is 65.7 Å². The summed E-state index contributed by atoms with van der Waals surface area (Å²) in [4.78, 5) is 13.6. The molecule has 2 rings (SSSR count). The number of rotatable bonds is 2. The molecule has 88 valence electrons. The van der Waals surface area contributed by atoms with Crippen LogP contribution in [0.15, 0.2) is 21.4 Å². The molecule has 1 fully saturated rings. The van der Waals surface area contributed by atoms with Crippen molar-refractivity contribution in [2.45, 2.75) is 12.1 Å². The van der Waals surface area contributed by atoms with Crippen LogP contribution in [-0.4, -0.2) is 48.2 Å². The number of hydrogen-bond donors (Lipinski definition) is 2. The van der Waals surface area contributed by atoms with Crippen molar-refractivity contribution in [3.63, 3.8) is 0 Å². The molecule has 2 heterocycles. The van der Waals surface area contributed by atoms with Gasteiger partial charge in [-0.3, -0.25) is 4.79 Å². The lowest BCUT2D eigenvalue weighted by Crippen LogP contribution is -2.44. The van der Waals surface area contributed by atoms with E-state index in [1.807, 2.05) is 0 Å². The van der Waals surface area contributed by atoms with E-state index in [0.717, 1.165) is 0 Å². The molecule has 1 aliphatic heterocycles. The van der Waals surface area contributed by atoms with Crippen LogP contribution in [0.2, 0.25) is 0 Å². The van der Waals surface area contributed by atoms with E-state index in [9.17, 15) is 9.90 Å². The maximum absolute atomic E-state index is 12.1. The average Bonchev–Trinajstić information content (AvgIpc) is 2.85. The number of halogens is 1. The second kappa shape index (κ2) is 4.57. The average molecular weight is 289 g/mol. The quantitative estimate of drug-likeness (QED) is 0.829. The Hall–Kier alpha value is -0.850. The Morgan fingerprint density at radius 2 is 2.44 bits per heavy atom. The van der Waals surface area contributed by atoms with Gasteiger partial charge in [0.1, 0.15) is 0 Å². The molecular formula is C10H13BrN2O3. The summed E-state index contributed by atoms with van der Waals surface area (Å²) in [5.74, 6) is -0.159. The van der Waals surface area contributed by atoms with E-state index < -0.39 is 6.10 Å². The fourth-order valence-corrected chi connectivity index (χ4v) is 2.24. The minimum atomic E-state index is -0.514. The first-order valence-corrected chi connectivity index (χ1v) is 5.79. The molecule has 0 aliphatic carbocycles. The van der Waals surface area contributed by atoms with Crippen molar-refractivity contribution in [1.82, 2.24) is 10.2 Å². The molecule has 1 aliphatic rings. The van der Waals surface area contributed by atoms with Gasteiger partial charge >= 0.3 is 0 Å². The fourth-order valence-electron chi connectivity index (χ4n) is 1.83. The van der Waals surface area contributed by atoms with Gasteiger partial charge in [0, 0.05) is 20.1 Å². The molecular weight excluding hydrogens is 276 g/mol. The minimum Gasteiger partial charge on any atom is -0.457 e. The van der Waals surface area contributed by atoms with Gasteiger partial charge in [-0.15, -0.1) is 0 Å². The van der Waals surface area contributed by atoms with Crippen molar-refractivity contribution in [3.05, 3.63) is 22.6 Å². The number of hydrogen-bond acceptors (Lipinski definition) is 4. The highest BCUT2D eigenvalue weighted by molar-refractivity contribution is 9.10. The number of likely N-dealkylation sites (N-methyl/N-ethyl adjacent to an activating group) is 1. The van der Waals surface area contributed by atoms with E-state index in [2.05, 4.69) is 21.2 Å². The zero-order chi connectivity index (χ0) is 11.7. The highest BCUT2D eigenvalue weighted by Crippen LogP contribution is 2.20. The van der Waals surface area contributed by atoms with Crippen LogP contribution in [0.5, 0.6) is 0 Å². The van der Waals surface area contributed by atoms with Crippen molar-refractivity contribution >= 4 is 21.8 Å². The van der Waals surface area contributed by atoms with Gasteiger partial charge in [-0.05, 0) is 22.0 Å². The van der Waals surface area contributed by atoms with Crippen molar-refractivity contribution in [3.8, 4) is 0 Å². The van der Waals surface area contributed by atoms with Crippen LogP contribution in [-0.2, 0) is 0 Å².